The maximum absolute atomic E-state index is 13.3. The predicted molar refractivity (Wildman–Crippen MR) is 129 cm³/mol. The van der Waals surface area contributed by atoms with E-state index < -0.39 is 29.6 Å². The molecule has 1 saturated carbocycles. The fourth-order valence-electron chi connectivity index (χ4n) is 4.42. The van der Waals surface area contributed by atoms with Crippen LogP contribution < -0.4 is 10.1 Å². The van der Waals surface area contributed by atoms with E-state index in [-0.39, 0.29) is 24.8 Å². The minimum atomic E-state index is -0.789. The number of carbonyl (C=O) groups excluding carboxylic acids is 1. The van der Waals surface area contributed by atoms with Crippen LogP contribution in [-0.4, -0.2) is 38.0 Å². The number of nitrogens with zero attached hydrogens (tertiary/aromatic N) is 3. The number of ether oxygens (including phenoxy) is 2. The lowest BCUT2D eigenvalue weighted by Crippen LogP contribution is -2.29. The van der Waals surface area contributed by atoms with E-state index in [1.54, 1.807) is 30.1 Å². The van der Waals surface area contributed by atoms with Crippen molar-refractivity contribution in [3.63, 3.8) is 0 Å². The first-order valence-corrected chi connectivity index (χ1v) is 11.9. The Kier molecular flexibility index (Phi) is 8.00. The van der Waals surface area contributed by atoms with E-state index in [1.807, 2.05) is 6.92 Å². The second kappa shape index (κ2) is 11.4. The van der Waals surface area contributed by atoms with Crippen molar-refractivity contribution in [3.05, 3.63) is 65.1 Å². The molecule has 9 nitrogen and oxygen atoms in total. The number of amides is 1. The van der Waals surface area contributed by atoms with Gasteiger partial charge < -0.3 is 19.9 Å². The Labute approximate surface area is 212 Å². The molecule has 1 aromatic carbocycles. The molecule has 1 aliphatic carbocycles. The maximum atomic E-state index is 13.3. The zero-order valence-electron chi connectivity index (χ0n) is 20.5. The van der Waals surface area contributed by atoms with Gasteiger partial charge in [-0.1, -0.05) is 0 Å². The number of carboxylic acids is 1. The highest BCUT2D eigenvalue weighted by Crippen LogP contribution is 2.31. The summed E-state index contributed by atoms with van der Waals surface area (Å²) < 4.78 is 39.4. The number of carbonyl (C=O) groups is 2. The normalized spacial score (nSPS) is 17.3. The van der Waals surface area contributed by atoms with E-state index >= 15 is 0 Å². The fourth-order valence-corrected chi connectivity index (χ4v) is 4.42. The molecular weight excluding hydrogens is 486 g/mol. The second-order valence-corrected chi connectivity index (χ2v) is 9.06. The fraction of sp³-hybridized carbons (Fsp3) is 0.385. The van der Waals surface area contributed by atoms with Crippen molar-refractivity contribution in [1.29, 1.82) is 0 Å². The van der Waals surface area contributed by atoms with Crippen molar-refractivity contribution in [2.75, 3.05) is 0 Å². The highest BCUT2D eigenvalue weighted by Gasteiger charge is 2.28. The number of hydrogen-bond acceptors (Lipinski definition) is 6. The van der Waals surface area contributed by atoms with Crippen LogP contribution in [0.25, 0.3) is 11.3 Å². The average Bonchev–Trinajstić information content (AvgIpc) is 3.22. The Morgan fingerprint density at radius 2 is 1.95 bits per heavy atom. The van der Waals surface area contributed by atoms with Gasteiger partial charge in [0, 0.05) is 18.7 Å². The van der Waals surface area contributed by atoms with Gasteiger partial charge in [0.15, 0.2) is 0 Å². The number of nitrogens with one attached hydrogen (secondary N) is 1. The molecule has 0 aliphatic heterocycles. The van der Waals surface area contributed by atoms with Crippen LogP contribution in [0.15, 0.2) is 36.5 Å². The van der Waals surface area contributed by atoms with Gasteiger partial charge in [-0.3, -0.25) is 9.48 Å². The van der Waals surface area contributed by atoms with Gasteiger partial charge in [0.1, 0.15) is 24.0 Å². The summed E-state index contributed by atoms with van der Waals surface area (Å²) in [7, 11) is 1.73. The molecule has 2 heterocycles. The number of alkyl carbamates (subject to hydrolysis) is 1. The molecule has 1 amide bonds. The summed E-state index contributed by atoms with van der Waals surface area (Å²) in [6.45, 7) is 1.62. The van der Waals surface area contributed by atoms with Crippen molar-refractivity contribution in [3.8, 4) is 17.0 Å². The molecule has 2 atom stereocenters. The van der Waals surface area contributed by atoms with Gasteiger partial charge in [-0.2, -0.15) is 5.10 Å². The molecule has 0 radical (unpaired) electrons. The van der Waals surface area contributed by atoms with Crippen molar-refractivity contribution in [2.45, 2.75) is 51.9 Å². The molecule has 37 heavy (non-hydrogen) atoms. The van der Waals surface area contributed by atoms with Gasteiger partial charge in [-0.25, -0.2) is 18.6 Å². The number of aryl methyl sites for hydroxylation is 2. The molecule has 1 unspecified atom stereocenters. The summed E-state index contributed by atoms with van der Waals surface area (Å²) in [4.78, 5) is 28.2. The molecule has 2 aromatic heterocycles. The largest absolute Gasteiger partial charge is 0.489 e. The topological polar surface area (TPSA) is 116 Å². The number of aliphatic carboxylic acids is 1. The number of aromatic nitrogens is 3. The number of halogens is 2. The van der Waals surface area contributed by atoms with E-state index in [0.717, 1.165) is 31.0 Å². The van der Waals surface area contributed by atoms with Gasteiger partial charge in [-0.05, 0) is 62.4 Å². The molecule has 196 valence electrons. The van der Waals surface area contributed by atoms with Gasteiger partial charge in [0.05, 0.1) is 41.8 Å². The van der Waals surface area contributed by atoms with E-state index in [9.17, 15) is 23.5 Å². The van der Waals surface area contributed by atoms with Crippen LogP contribution in [0.3, 0.4) is 0 Å². The first kappa shape index (κ1) is 26.1. The van der Waals surface area contributed by atoms with Crippen LogP contribution in [0.4, 0.5) is 13.6 Å². The van der Waals surface area contributed by atoms with Crippen LogP contribution >= 0.6 is 0 Å². The number of rotatable bonds is 8. The van der Waals surface area contributed by atoms with Crippen molar-refractivity contribution < 1.29 is 33.0 Å². The molecule has 3 aromatic rings. The Morgan fingerprint density at radius 3 is 2.65 bits per heavy atom. The molecule has 0 saturated heterocycles. The first-order valence-electron chi connectivity index (χ1n) is 11.9. The number of benzene rings is 1. The molecule has 4 rings (SSSR count). The second-order valence-electron chi connectivity index (χ2n) is 9.06. The van der Waals surface area contributed by atoms with Gasteiger partial charge >= 0.3 is 12.1 Å². The monoisotopic (exact) mass is 514 g/mol. The Bertz CT molecular complexity index is 1280. The molecule has 1 aliphatic rings. The van der Waals surface area contributed by atoms with E-state index in [1.165, 1.54) is 0 Å². The van der Waals surface area contributed by atoms with Gasteiger partial charge in [0.25, 0.3) is 0 Å². The standard InChI is InChI=1S/C26H28F2N4O5/c1-15-24(37-20-5-3-4-17(10-20)25(33)34)7-6-22(31-15)21-12-30-32(2)23(21)13-29-26(35)36-14-16-8-18(27)11-19(28)9-16/h6-9,11-12,17,20H,3-5,10,13-14H2,1-2H3,(H,29,35)(H,33,34)/t17?,20-/m0/s1. The van der Waals surface area contributed by atoms with Crippen LogP contribution in [0.2, 0.25) is 0 Å². The highest BCUT2D eigenvalue weighted by atomic mass is 19.1. The summed E-state index contributed by atoms with van der Waals surface area (Å²) in [5.74, 6) is -2.08. The van der Waals surface area contributed by atoms with E-state index in [0.29, 0.717) is 41.2 Å². The van der Waals surface area contributed by atoms with Gasteiger partial charge in [-0.15, -0.1) is 0 Å². The van der Waals surface area contributed by atoms with Crippen LogP contribution in [0.5, 0.6) is 5.75 Å². The zero-order valence-corrected chi connectivity index (χ0v) is 20.5. The van der Waals surface area contributed by atoms with Crippen LogP contribution in [-0.2, 0) is 29.7 Å². The highest BCUT2D eigenvalue weighted by molar-refractivity contribution is 5.70. The van der Waals surface area contributed by atoms with E-state index in [4.69, 9.17) is 9.47 Å². The lowest BCUT2D eigenvalue weighted by atomic mass is 9.87. The minimum absolute atomic E-state index is 0.0831. The van der Waals surface area contributed by atoms with E-state index in [2.05, 4.69) is 15.4 Å². The third-order valence-electron chi connectivity index (χ3n) is 6.34. The number of carboxylic acid groups (broad SMARTS) is 1. The quantitative estimate of drug-likeness (QED) is 0.454. The molecule has 0 spiro atoms. The Morgan fingerprint density at radius 1 is 1.19 bits per heavy atom. The predicted octanol–water partition coefficient (Wildman–Crippen LogP) is 4.52. The maximum Gasteiger partial charge on any atom is 0.407 e. The third-order valence-corrected chi connectivity index (χ3v) is 6.34. The molecular formula is C26H28F2N4O5. The minimum Gasteiger partial charge on any atom is -0.489 e. The zero-order chi connectivity index (χ0) is 26.5. The SMILES string of the molecule is Cc1nc(-c2cnn(C)c2CNC(=O)OCc2cc(F)cc(F)c2)ccc1O[C@H]1CCCC(C(=O)O)C1. The Balaban J connectivity index is 1.38. The first-order chi connectivity index (χ1) is 17.7. The molecule has 0 bridgehead atoms. The number of pyridine rings is 1. The van der Waals surface area contributed by atoms with Crippen molar-refractivity contribution >= 4 is 12.1 Å². The molecule has 11 heteroatoms. The summed E-state index contributed by atoms with van der Waals surface area (Å²) in [5, 5.41) is 16.2. The summed E-state index contributed by atoms with van der Waals surface area (Å²) in [6.07, 6.45) is 3.46. The van der Waals surface area contributed by atoms with Crippen LogP contribution in [0, 0.1) is 24.5 Å². The van der Waals surface area contributed by atoms with Gasteiger partial charge in [0.2, 0.25) is 0 Å². The lowest BCUT2D eigenvalue weighted by Gasteiger charge is -2.27. The Hall–Kier alpha value is -4.02. The average molecular weight is 515 g/mol. The summed E-state index contributed by atoms with van der Waals surface area (Å²) in [6, 6.07) is 6.52. The molecule has 1 fully saturated rings. The van der Waals surface area contributed by atoms with Crippen molar-refractivity contribution in [1.82, 2.24) is 20.1 Å². The van der Waals surface area contributed by atoms with Crippen LogP contribution in [0.1, 0.15) is 42.6 Å². The number of hydrogen-bond donors (Lipinski definition) is 2. The third kappa shape index (κ3) is 6.60. The smallest absolute Gasteiger partial charge is 0.407 e. The molecule has 2 N–H and O–H groups in total. The van der Waals surface area contributed by atoms with Crippen molar-refractivity contribution in [2.24, 2.45) is 13.0 Å². The lowest BCUT2D eigenvalue weighted by molar-refractivity contribution is -0.143. The summed E-state index contributed by atoms with van der Waals surface area (Å²) in [5.41, 5.74) is 2.85. The summed E-state index contributed by atoms with van der Waals surface area (Å²) >= 11 is 0.